The highest BCUT2D eigenvalue weighted by Crippen LogP contribution is 2.25. The number of carbonyl (C=O) groups is 1. The predicted molar refractivity (Wildman–Crippen MR) is 74.4 cm³/mol. The van der Waals surface area contributed by atoms with E-state index in [9.17, 15) is 9.90 Å². The summed E-state index contributed by atoms with van der Waals surface area (Å²) in [5.41, 5.74) is 5.64. The lowest BCUT2D eigenvalue weighted by Gasteiger charge is -2.30. The van der Waals surface area contributed by atoms with E-state index < -0.39 is 6.04 Å². The Kier molecular flexibility index (Phi) is 5.78. The molecule has 0 fully saturated rings. The summed E-state index contributed by atoms with van der Waals surface area (Å²) in [5.74, 6) is -0.183. The Hall–Kier alpha value is -0.910. The molecule has 5 heteroatoms. The van der Waals surface area contributed by atoms with Gasteiger partial charge in [0.05, 0.1) is 6.61 Å². The normalized spacial score (nSPS) is 13.3. The average Bonchev–Trinajstić information content (AvgIpc) is 2.93. The highest BCUT2D eigenvalue weighted by atomic mass is 32.1. The minimum absolute atomic E-state index is 0.0779. The quantitative estimate of drug-likeness (QED) is 0.705. The van der Waals surface area contributed by atoms with Gasteiger partial charge in [0.2, 0.25) is 5.91 Å². The number of aliphatic hydroxyl groups excluding tert-OH is 1. The molecule has 0 aliphatic heterocycles. The van der Waals surface area contributed by atoms with Crippen LogP contribution in [0.2, 0.25) is 0 Å². The molecule has 0 aliphatic rings. The van der Waals surface area contributed by atoms with Crippen molar-refractivity contribution in [1.29, 1.82) is 0 Å². The van der Waals surface area contributed by atoms with E-state index in [0.717, 1.165) is 17.7 Å². The lowest BCUT2D eigenvalue weighted by molar-refractivity contribution is -0.123. The molecule has 1 rings (SSSR count). The van der Waals surface area contributed by atoms with Crippen molar-refractivity contribution >= 4 is 17.2 Å². The molecule has 1 aromatic heterocycles. The van der Waals surface area contributed by atoms with E-state index in [4.69, 9.17) is 5.73 Å². The van der Waals surface area contributed by atoms with Crippen molar-refractivity contribution in [2.45, 2.75) is 32.7 Å². The monoisotopic (exact) mass is 270 g/mol. The average molecular weight is 270 g/mol. The zero-order valence-electron chi connectivity index (χ0n) is 11.0. The number of nitrogens with one attached hydrogen (secondary N) is 1. The minimum atomic E-state index is -0.616. The maximum atomic E-state index is 11.9. The first-order valence-corrected chi connectivity index (χ1v) is 7.14. The SMILES string of the molecule is CCC(CC)(CO)CNC(=O)C(N)c1cccs1. The number of rotatable bonds is 7. The second kappa shape index (κ2) is 6.87. The van der Waals surface area contributed by atoms with Crippen LogP contribution < -0.4 is 11.1 Å². The molecule has 0 spiro atoms. The van der Waals surface area contributed by atoms with Gasteiger partial charge >= 0.3 is 0 Å². The molecule has 0 saturated carbocycles. The van der Waals surface area contributed by atoms with Crippen molar-refractivity contribution in [3.05, 3.63) is 22.4 Å². The molecule has 1 amide bonds. The van der Waals surface area contributed by atoms with E-state index in [2.05, 4.69) is 5.32 Å². The predicted octanol–water partition coefficient (Wildman–Crippen LogP) is 1.66. The van der Waals surface area contributed by atoms with Gasteiger partial charge in [0.1, 0.15) is 6.04 Å². The third-order valence-electron chi connectivity index (χ3n) is 3.61. The Bertz CT molecular complexity index is 353. The van der Waals surface area contributed by atoms with Gasteiger partial charge in [-0.05, 0) is 24.3 Å². The van der Waals surface area contributed by atoms with Gasteiger partial charge in [-0.15, -0.1) is 11.3 Å². The first-order valence-electron chi connectivity index (χ1n) is 6.26. The van der Waals surface area contributed by atoms with Gasteiger partial charge in [0, 0.05) is 16.8 Å². The number of hydrogen-bond donors (Lipinski definition) is 3. The summed E-state index contributed by atoms with van der Waals surface area (Å²) in [6.07, 6.45) is 1.66. The molecule has 4 nitrogen and oxygen atoms in total. The van der Waals surface area contributed by atoms with Gasteiger partial charge in [-0.2, -0.15) is 0 Å². The Morgan fingerprint density at radius 1 is 1.56 bits per heavy atom. The number of carbonyl (C=O) groups excluding carboxylic acids is 1. The molecule has 18 heavy (non-hydrogen) atoms. The summed E-state index contributed by atoms with van der Waals surface area (Å²) >= 11 is 1.47. The first-order chi connectivity index (χ1) is 8.58. The third-order valence-corrected chi connectivity index (χ3v) is 4.56. The van der Waals surface area contributed by atoms with E-state index in [1.165, 1.54) is 11.3 Å². The smallest absolute Gasteiger partial charge is 0.242 e. The van der Waals surface area contributed by atoms with Crippen molar-refractivity contribution in [1.82, 2.24) is 5.32 Å². The number of aliphatic hydroxyl groups is 1. The Morgan fingerprint density at radius 2 is 2.22 bits per heavy atom. The van der Waals surface area contributed by atoms with Crippen LogP contribution in [0.25, 0.3) is 0 Å². The lowest BCUT2D eigenvalue weighted by Crippen LogP contribution is -2.42. The maximum absolute atomic E-state index is 11.9. The molecule has 0 aliphatic carbocycles. The lowest BCUT2D eigenvalue weighted by atomic mass is 9.83. The van der Waals surface area contributed by atoms with Crippen molar-refractivity contribution in [3.8, 4) is 0 Å². The second-order valence-corrected chi connectivity index (χ2v) is 5.56. The molecule has 0 saturated heterocycles. The zero-order chi connectivity index (χ0) is 13.6. The van der Waals surface area contributed by atoms with E-state index in [1.807, 2.05) is 31.4 Å². The third kappa shape index (κ3) is 3.54. The van der Waals surface area contributed by atoms with Crippen LogP contribution in [0.1, 0.15) is 37.6 Å². The first kappa shape index (κ1) is 15.1. The molecule has 0 radical (unpaired) electrons. The number of hydrogen-bond acceptors (Lipinski definition) is 4. The number of amides is 1. The molecule has 1 aromatic rings. The van der Waals surface area contributed by atoms with Crippen molar-refractivity contribution in [2.75, 3.05) is 13.2 Å². The van der Waals surface area contributed by atoms with Crippen LogP contribution >= 0.6 is 11.3 Å². The van der Waals surface area contributed by atoms with E-state index in [0.29, 0.717) is 6.54 Å². The van der Waals surface area contributed by atoms with E-state index in [1.54, 1.807) is 0 Å². The summed E-state index contributed by atoms with van der Waals surface area (Å²) in [6, 6.07) is 3.12. The van der Waals surface area contributed by atoms with Crippen LogP contribution in [0.3, 0.4) is 0 Å². The highest BCUT2D eigenvalue weighted by Gasteiger charge is 2.27. The molecular formula is C13H22N2O2S. The van der Waals surface area contributed by atoms with Crippen LogP contribution in [0.4, 0.5) is 0 Å². The molecule has 0 aromatic carbocycles. The fourth-order valence-corrected chi connectivity index (χ4v) is 2.49. The summed E-state index contributed by atoms with van der Waals surface area (Å²) in [4.78, 5) is 12.8. The second-order valence-electron chi connectivity index (χ2n) is 4.58. The van der Waals surface area contributed by atoms with Crippen molar-refractivity contribution in [2.24, 2.45) is 11.1 Å². The Balaban J connectivity index is 2.55. The van der Waals surface area contributed by atoms with Gasteiger partial charge in [-0.25, -0.2) is 0 Å². The van der Waals surface area contributed by atoms with Gasteiger partial charge in [-0.1, -0.05) is 19.9 Å². The van der Waals surface area contributed by atoms with E-state index >= 15 is 0 Å². The van der Waals surface area contributed by atoms with Crippen molar-refractivity contribution < 1.29 is 9.90 Å². The van der Waals surface area contributed by atoms with Gasteiger partial charge in [-0.3, -0.25) is 4.79 Å². The number of thiophene rings is 1. The molecule has 1 heterocycles. The van der Waals surface area contributed by atoms with E-state index in [-0.39, 0.29) is 17.9 Å². The van der Waals surface area contributed by atoms with Gasteiger partial charge in [0.25, 0.3) is 0 Å². The standard InChI is InChI=1S/C13H22N2O2S/c1-3-13(4-2,9-16)8-15-12(17)11(14)10-6-5-7-18-10/h5-7,11,16H,3-4,8-9,14H2,1-2H3,(H,15,17). The van der Waals surface area contributed by atoms with Gasteiger partial charge in [0.15, 0.2) is 0 Å². The Morgan fingerprint density at radius 3 is 2.67 bits per heavy atom. The molecule has 0 bridgehead atoms. The fourth-order valence-electron chi connectivity index (χ4n) is 1.76. The summed E-state index contributed by atoms with van der Waals surface area (Å²) in [5, 5.41) is 14.2. The van der Waals surface area contributed by atoms with Gasteiger partial charge < -0.3 is 16.2 Å². The van der Waals surface area contributed by atoms with Crippen LogP contribution in [0, 0.1) is 5.41 Å². The van der Waals surface area contributed by atoms with Crippen molar-refractivity contribution in [3.63, 3.8) is 0 Å². The fraction of sp³-hybridized carbons (Fsp3) is 0.615. The topological polar surface area (TPSA) is 75.3 Å². The molecule has 102 valence electrons. The molecule has 1 atom stereocenters. The molecule has 1 unspecified atom stereocenters. The Labute approximate surface area is 112 Å². The molecule has 4 N–H and O–H groups in total. The van der Waals surface area contributed by atoms with Crippen LogP contribution in [0.15, 0.2) is 17.5 Å². The zero-order valence-corrected chi connectivity index (χ0v) is 11.8. The van der Waals surface area contributed by atoms with Crippen LogP contribution in [0.5, 0.6) is 0 Å². The number of nitrogens with two attached hydrogens (primary N) is 1. The highest BCUT2D eigenvalue weighted by molar-refractivity contribution is 7.10. The summed E-state index contributed by atoms with van der Waals surface area (Å²) in [6.45, 7) is 4.58. The summed E-state index contributed by atoms with van der Waals surface area (Å²) < 4.78 is 0. The molecular weight excluding hydrogens is 248 g/mol. The van der Waals surface area contributed by atoms with Crippen LogP contribution in [-0.2, 0) is 4.79 Å². The maximum Gasteiger partial charge on any atom is 0.242 e. The summed E-state index contributed by atoms with van der Waals surface area (Å²) in [7, 11) is 0. The minimum Gasteiger partial charge on any atom is -0.396 e. The largest absolute Gasteiger partial charge is 0.396 e. The van der Waals surface area contributed by atoms with Crippen LogP contribution in [-0.4, -0.2) is 24.2 Å².